The molecule has 74 valence electrons. The van der Waals surface area contributed by atoms with Crippen LogP contribution in [0.2, 0.25) is 0 Å². The van der Waals surface area contributed by atoms with E-state index in [1.807, 2.05) is 19.9 Å². The van der Waals surface area contributed by atoms with E-state index < -0.39 is 5.60 Å². The Morgan fingerprint density at radius 1 is 1.14 bits per heavy atom. The molecule has 0 aromatic heterocycles. The van der Waals surface area contributed by atoms with Gasteiger partial charge in [-0.05, 0) is 37.8 Å². The molecule has 0 amide bonds. The molecule has 0 aliphatic heterocycles. The molecule has 0 bridgehead atoms. The Bertz CT molecular complexity index is 342. The summed E-state index contributed by atoms with van der Waals surface area (Å²) >= 11 is 0. The summed E-state index contributed by atoms with van der Waals surface area (Å²) in [6.07, 6.45) is 3.98. The smallest absolute Gasteiger partial charge is 0.0774 e. The molecule has 0 spiro atoms. The molecule has 0 radical (unpaired) electrons. The van der Waals surface area contributed by atoms with E-state index in [1.165, 1.54) is 16.7 Å². The molecule has 1 nitrogen and oxygen atoms in total. The van der Waals surface area contributed by atoms with Gasteiger partial charge in [0, 0.05) is 0 Å². The number of fused-ring (bicyclic) bond motifs is 1. The fraction of sp³-hybridized carbons (Fsp3) is 0.385. The quantitative estimate of drug-likeness (QED) is 0.671. The lowest BCUT2D eigenvalue weighted by molar-refractivity contribution is 0.132. The van der Waals surface area contributed by atoms with Crippen molar-refractivity contribution in [1.29, 1.82) is 0 Å². The van der Waals surface area contributed by atoms with Crippen LogP contribution < -0.4 is 0 Å². The SMILES string of the molecule is CC(C)(O)C=C1Cc2ccccc2C1. The second kappa shape index (κ2) is 3.25. The Hall–Kier alpha value is -1.08. The van der Waals surface area contributed by atoms with Crippen LogP contribution in [0.15, 0.2) is 35.9 Å². The molecule has 1 N–H and O–H groups in total. The van der Waals surface area contributed by atoms with E-state index in [9.17, 15) is 5.11 Å². The maximum atomic E-state index is 9.68. The molecule has 0 fully saturated rings. The highest BCUT2D eigenvalue weighted by Crippen LogP contribution is 2.27. The fourth-order valence-corrected chi connectivity index (χ4v) is 2.06. The van der Waals surface area contributed by atoms with Crippen molar-refractivity contribution in [2.45, 2.75) is 32.3 Å². The van der Waals surface area contributed by atoms with E-state index in [-0.39, 0.29) is 0 Å². The van der Waals surface area contributed by atoms with E-state index in [0.29, 0.717) is 0 Å². The van der Waals surface area contributed by atoms with Crippen molar-refractivity contribution in [3.05, 3.63) is 47.0 Å². The Labute approximate surface area is 85.1 Å². The third kappa shape index (κ3) is 2.05. The molecule has 1 heteroatoms. The fourth-order valence-electron chi connectivity index (χ4n) is 2.06. The summed E-state index contributed by atoms with van der Waals surface area (Å²) in [7, 11) is 0. The van der Waals surface area contributed by atoms with Crippen LogP contribution in [0.1, 0.15) is 25.0 Å². The average molecular weight is 188 g/mol. The lowest BCUT2D eigenvalue weighted by atomic mass is 10.0. The van der Waals surface area contributed by atoms with Crippen LogP contribution in [-0.2, 0) is 12.8 Å². The van der Waals surface area contributed by atoms with E-state index in [1.54, 1.807) is 0 Å². The molecule has 1 aromatic carbocycles. The summed E-state index contributed by atoms with van der Waals surface area (Å²) in [5.41, 5.74) is 3.46. The Balaban J connectivity index is 2.24. The highest BCUT2D eigenvalue weighted by molar-refractivity contribution is 5.41. The molecule has 2 rings (SSSR count). The van der Waals surface area contributed by atoms with E-state index in [0.717, 1.165) is 12.8 Å². The number of aliphatic hydroxyl groups is 1. The summed E-state index contributed by atoms with van der Waals surface area (Å²) in [5.74, 6) is 0. The Morgan fingerprint density at radius 3 is 2.07 bits per heavy atom. The van der Waals surface area contributed by atoms with Gasteiger partial charge in [0.1, 0.15) is 0 Å². The predicted octanol–water partition coefficient (Wildman–Crippen LogP) is 2.48. The minimum absolute atomic E-state index is 0.683. The molecule has 1 aliphatic carbocycles. The summed E-state index contributed by atoms with van der Waals surface area (Å²) < 4.78 is 0. The van der Waals surface area contributed by atoms with Crippen molar-refractivity contribution in [2.24, 2.45) is 0 Å². The van der Waals surface area contributed by atoms with Crippen molar-refractivity contribution in [2.75, 3.05) is 0 Å². The van der Waals surface area contributed by atoms with Crippen LogP contribution in [0.5, 0.6) is 0 Å². The van der Waals surface area contributed by atoms with Crippen LogP contribution in [0.3, 0.4) is 0 Å². The predicted molar refractivity (Wildman–Crippen MR) is 58.2 cm³/mol. The summed E-state index contributed by atoms with van der Waals surface area (Å²) in [4.78, 5) is 0. The van der Waals surface area contributed by atoms with E-state index in [2.05, 4.69) is 24.3 Å². The number of hydrogen-bond donors (Lipinski definition) is 1. The van der Waals surface area contributed by atoms with Crippen LogP contribution >= 0.6 is 0 Å². The second-order valence-corrected chi connectivity index (χ2v) is 4.58. The monoisotopic (exact) mass is 188 g/mol. The average Bonchev–Trinajstić information content (AvgIpc) is 2.42. The molecule has 0 atom stereocenters. The maximum Gasteiger partial charge on any atom is 0.0774 e. The minimum atomic E-state index is -0.683. The standard InChI is InChI=1S/C13H16O/c1-13(2,14)9-10-7-11-5-3-4-6-12(11)8-10/h3-6,9,14H,7-8H2,1-2H3. The molecule has 1 aliphatic rings. The molecule has 0 unspecified atom stereocenters. The van der Waals surface area contributed by atoms with Crippen molar-refractivity contribution in [3.8, 4) is 0 Å². The summed E-state index contributed by atoms with van der Waals surface area (Å²) in [6.45, 7) is 3.64. The lowest BCUT2D eigenvalue weighted by Crippen LogP contribution is -2.15. The molecule has 1 aromatic rings. The van der Waals surface area contributed by atoms with Gasteiger partial charge in [-0.1, -0.05) is 35.9 Å². The number of allylic oxidation sites excluding steroid dienone is 1. The highest BCUT2D eigenvalue weighted by atomic mass is 16.3. The Kier molecular flexibility index (Phi) is 2.20. The first-order chi connectivity index (χ1) is 6.54. The van der Waals surface area contributed by atoms with Crippen LogP contribution in [0.25, 0.3) is 0 Å². The highest BCUT2D eigenvalue weighted by Gasteiger charge is 2.17. The molecular formula is C13H16O. The van der Waals surface area contributed by atoms with Gasteiger partial charge < -0.3 is 5.11 Å². The van der Waals surface area contributed by atoms with Gasteiger partial charge in [-0.25, -0.2) is 0 Å². The van der Waals surface area contributed by atoms with Gasteiger partial charge in [0.2, 0.25) is 0 Å². The molecule has 14 heavy (non-hydrogen) atoms. The largest absolute Gasteiger partial charge is 0.386 e. The zero-order valence-electron chi connectivity index (χ0n) is 8.75. The van der Waals surface area contributed by atoms with Gasteiger partial charge in [0.05, 0.1) is 5.60 Å². The third-order valence-electron chi connectivity index (χ3n) is 2.51. The molecule has 0 saturated heterocycles. The zero-order valence-corrected chi connectivity index (χ0v) is 8.75. The van der Waals surface area contributed by atoms with Gasteiger partial charge in [-0.2, -0.15) is 0 Å². The second-order valence-electron chi connectivity index (χ2n) is 4.58. The van der Waals surface area contributed by atoms with Crippen LogP contribution in [-0.4, -0.2) is 10.7 Å². The van der Waals surface area contributed by atoms with Crippen molar-refractivity contribution >= 4 is 0 Å². The summed E-state index contributed by atoms with van der Waals surface area (Å²) in [5, 5.41) is 9.68. The first-order valence-corrected chi connectivity index (χ1v) is 5.04. The first kappa shape index (κ1) is 9.47. The third-order valence-corrected chi connectivity index (χ3v) is 2.51. The van der Waals surface area contributed by atoms with Gasteiger partial charge in [0.25, 0.3) is 0 Å². The lowest BCUT2D eigenvalue weighted by Gasteiger charge is -2.12. The van der Waals surface area contributed by atoms with Gasteiger partial charge in [-0.3, -0.25) is 0 Å². The molecule has 0 heterocycles. The van der Waals surface area contributed by atoms with Crippen molar-refractivity contribution in [3.63, 3.8) is 0 Å². The minimum Gasteiger partial charge on any atom is -0.386 e. The van der Waals surface area contributed by atoms with E-state index in [4.69, 9.17) is 0 Å². The first-order valence-electron chi connectivity index (χ1n) is 5.04. The number of rotatable bonds is 1. The van der Waals surface area contributed by atoms with Crippen molar-refractivity contribution < 1.29 is 5.11 Å². The normalized spacial score (nSPS) is 15.5. The topological polar surface area (TPSA) is 20.2 Å². The van der Waals surface area contributed by atoms with Crippen LogP contribution in [0, 0.1) is 0 Å². The molecular weight excluding hydrogens is 172 g/mol. The summed E-state index contributed by atoms with van der Waals surface area (Å²) in [6, 6.07) is 8.48. The van der Waals surface area contributed by atoms with Crippen LogP contribution in [0.4, 0.5) is 0 Å². The van der Waals surface area contributed by atoms with Crippen molar-refractivity contribution in [1.82, 2.24) is 0 Å². The van der Waals surface area contributed by atoms with E-state index >= 15 is 0 Å². The molecule has 0 saturated carbocycles. The van der Waals surface area contributed by atoms with Gasteiger partial charge >= 0.3 is 0 Å². The Morgan fingerprint density at radius 2 is 1.64 bits per heavy atom. The maximum absolute atomic E-state index is 9.68. The van der Waals surface area contributed by atoms with Gasteiger partial charge in [-0.15, -0.1) is 0 Å². The zero-order chi connectivity index (χ0) is 10.2. The number of hydrogen-bond acceptors (Lipinski definition) is 1. The van der Waals surface area contributed by atoms with Gasteiger partial charge in [0.15, 0.2) is 0 Å². The number of benzene rings is 1.